The van der Waals surface area contributed by atoms with Crippen molar-refractivity contribution in [1.82, 2.24) is 9.59 Å². The van der Waals surface area contributed by atoms with Crippen molar-refractivity contribution in [2.24, 2.45) is 11.5 Å². The molecule has 0 saturated carbocycles. The molecule has 2 amide bonds. The first-order chi connectivity index (χ1) is 5.63. The summed E-state index contributed by atoms with van der Waals surface area (Å²) in [5.74, 6) is 0. The highest BCUT2D eigenvalue weighted by atomic mass is 32.2. The van der Waals surface area contributed by atoms with Gasteiger partial charge in [-0.15, -0.1) is 5.10 Å². The van der Waals surface area contributed by atoms with E-state index >= 15 is 0 Å². The number of primary amides is 2. The van der Waals surface area contributed by atoms with Gasteiger partial charge in [0.25, 0.3) is 10.5 Å². The van der Waals surface area contributed by atoms with Crippen LogP contribution in [0.1, 0.15) is 0 Å². The maximum Gasteiger partial charge on any atom is 0.285 e. The second kappa shape index (κ2) is 6.55. The van der Waals surface area contributed by atoms with Crippen molar-refractivity contribution in [3.05, 3.63) is 11.6 Å². The minimum absolute atomic E-state index is 0.287. The van der Waals surface area contributed by atoms with Gasteiger partial charge < -0.3 is 11.5 Å². The molecule has 4 N–H and O–H groups in total. The molecule has 0 unspecified atom stereocenters. The van der Waals surface area contributed by atoms with Crippen LogP contribution in [0.5, 0.6) is 0 Å². The molecule has 6 nitrogen and oxygen atoms in total. The van der Waals surface area contributed by atoms with Crippen molar-refractivity contribution >= 4 is 33.8 Å². The van der Waals surface area contributed by atoms with Gasteiger partial charge in [0.2, 0.25) is 0 Å². The molecule has 66 valence electrons. The van der Waals surface area contributed by atoms with Crippen LogP contribution >= 0.6 is 23.3 Å². The Kier molecular flexibility index (Phi) is 5.93. The molecule has 0 bridgehead atoms. The fourth-order valence-electron chi connectivity index (χ4n) is 0.235. The van der Waals surface area contributed by atoms with Crippen LogP contribution in [-0.4, -0.2) is 20.1 Å². The summed E-state index contributed by atoms with van der Waals surface area (Å²) in [6, 6.07) is 0. The summed E-state index contributed by atoms with van der Waals surface area (Å²) in [6.07, 6.45) is 1.66. The third-order valence-corrected chi connectivity index (χ3v) is 1.32. The number of carbonyl (C=O) groups is 2. The predicted octanol–water partition coefficient (Wildman–Crippen LogP) is 0.415. The van der Waals surface area contributed by atoms with E-state index in [4.69, 9.17) is 0 Å². The number of hydrogen-bond donors (Lipinski definition) is 2. The van der Waals surface area contributed by atoms with Crippen LogP contribution in [0.4, 0.5) is 9.59 Å². The van der Waals surface area contributed by atoms with Crippen molar-refractivity contribution in [2.45, 2.75) is 0 Å². The predicted molar refractivity (Wildman–Crippen MR) is 46.7 cm³/mol. The second-order valence-corrected chi connectivity index (χ2v) is 2.98. The zero-order valence-corrected chi connectivity index (χ0v) is 7.47. The first-order valence-corrected chi connectivity index (χ1v) is 4.26. The Morgan fingerprint density at radius 2 is 1.92 bits per heavy atom. The largest absolute Gasteiger partial charge is 0.360 e. The van der Waals surface area contributed by atoms with Crippen molar-refractivity contribution in [3.63, 3.8) is 0 Å². The molecule has 0 aliphatic rings. The Morgan fingerprint density at radius 3 is 2.00 bits per heavy atom. The Balaban J connectivity index is 0.000000211. The van der Waals surface area contributed by atoms with E-state index in [1.165, 1.54) is 11.5 Å². The SMILES string of the molecule is NC(=O)SC(N)=O.c1csnn1. The first-order valence-electron chi connectivity index (χ1n) is 2.60. The summed E-state index contributed by atoms with van der Waals surface area (Å²) in [5, 5.41) is 3.77. The maximum atomic E-state index is 9.69. The van der Waals surface area contributed by atoms with Crippen LogP contribution < -0.4 is 11.5 Å². The Labute approximate surface area is 76.5 Å². The van der Waals surface area contributed by atoms with Crippen LogP contribution in [0.3, 0.4) is 0 Å². The first kappa shape index (κ1) is 10.8. The highest BCUT2D eigenvalue weighted by Gasteiger charge is 1.97. The molecule has 1 aromatic rings. The van der Waals surface area contributed by atoms with Crippen LogP contribution in [0.2, 0.25) is 0 Å². The average molecular weight is 206 g/mol. The van der Waals surface area contributed by atoms with Gasteiger partial charge in [-0.3, -0.25) is 9.59 Å². The number of rotatable bonds is 0. The average Bonchev–Trinajstić information content (AvgIpc) is 2.36. The molecular formula is C4H6N4O2S2. The summed E-state index contributed by atoms with van der Waals surface area (Å²) >= 11 is 1.64. The van der Waals surface area contributed by atoms with Crippen LogP contribution in [0.25, 0.3) is 0 Å². The second-order valence-electron chi connectivity index (χ2n) is 1.33. The highest BCUT2D eigenvalue weighted by Crippen LogP contribution is 1.95. The molecule has 0 spiro atoms. The summed E-state index contributed by atoms with van der Waals surface area (Å²) in [6.45, 7) is 0. The van der Waals surface area contributed by atoms with Gasteiger partial charge in [0.15, 0.2) is 0 Å². The quantitative estimate of drug-likeness (QED) is 0.638. The number of amides is 2. The third kappa shape index (κ3) is 8.85. The number of nitrogens with zero attached hydrogens (tertiary/aromatic N) is 2. The molecular weight excluding hydrogens is 200 g/mol. The lowest BCUT2D eigenvalue weighted by Gasteiger charge is -1.81. The Bertz CT molecular complexity index is 208. The van der Waals surface area contributed by atoms with Gasteiger partial charge in [0, 0.05) is 17.1 Å². The summed E-state index contributed by atoms with van der Waals surface area (Å²) in [7, 11) is 0. The van der Waals surface area contributed by atoms with Crippen LogP contribution in [-0.2, 0) is 0 Å². The zero-order chi connectivity index (χ0) is 9.40. The van der Waals surface area contributed by atoms with Crippen molar-refractivity contribution in [1.29, 1.82) is 0 Å². The topological polar surface area (TPSA) is 112 Å². The van der Waals surface area contributed by atoms with E-state index in [0.29, 0.717) is 0 Å². The van der Waals surface area contributed by atoms with E-state index in [9.17, 15) is 9.59 Å². The number of hydrogen-bond acceptors (Lipinski definition) is 6. The van der Waals surface area contributed by atoms with Gasteiger partial charge in [0.05, 0.1) is 6.20 Å². The molecule has 1 heterocycles. The van der Waals surface area contributed by atoms with Gasteiger partial charge >= 0.3 is 0 Å². The molecule has 0 aliphatic heterocycles. The van der Waals surface area contributed by atoms with E-state index in [0.717, 1.165) is 0 Å². The van der Waals surface area contributed by atoms with Crippen LogP contribution in [0.15, 0.2) is 11.6 Å². The van der Waals surface area contributed by atoms with Gasteiger partial charge in [-0.25, -0.2) is 0 Å². The minimum Gasteiger partial charge on any atom is -0.360 e. The van der Waals surface area contributed by atoms with E-state index in [-0.39, 0.29) is 11.8 Å². The summed E-state index contributed by atoms with van der Waals surface area (Å²) in [4.78, 5) is 19.4. The molecule has 0 radical (unpaired) electrons. The number of aromatic nitrogens is 2. The molecule has 0 saturated heterocycles. The smallest absolute Gasteiger partial charge is 0.285 e. The number of carbonyl (C=O) groups excluding carboxylic acids is 2. The highest BCUT2D eigenvalue weighted by molar-refractivity contribution is 8.25. The summed E-state index contributed by atoms with van der Waals surface area (Å²) < 4.78 is 3.51. The number of nitrogens with two attached hydrogens (primary N) is 2. The molecule has 0 atom stereocenters. The lowest BCUT2D eigenvalue weighted by molar-refractivity contribution is 0.264. The van der Waals surface area contributed by atoms with E-state index in [1.807, 2.05) is 5.38 Å². The molecule has 12 heavy (non-hydrogen) atoms. The summed E-state index contributed by atoms with van der Waals surface area (Å²) in [5.41, 5.74) is 9.03. The molecule has 0 aromatic carbocycles. The molecule has 1 aromatic heterocycles. The normalized spacial score (nSPS) is 8.00. The Morgan fingerprint density at radius 1 is 1.33 bits per heavy atom. The van der Waals surface area contributed by atoms with E-state index < -0.39 is 10.5 Å². The van der Waals surface area contributed by atoms with Gasteiger partial charge in [-0.2, -0.15) is 0 Å². The van der Waals surface area contributed by atoms with E-state index in [2.05, 4.69) is 21.1 Å². The minimum atomic E-state index is -0.771. The van der Waals surface area contributed by atoms with E-state index in [1.54, 1.807) is 6.20 Å². The van der Waals surface area contributed by atoms with Gasteiger partial charge in [0.1, 0.15) is 0 Å². The van der Waals surface area contributed by atoms with Crippen molar-refractivity contribution in [3.8, 4) is 0 Å². The lowest BCUT2D eigenvalue weighted by Crippen LogP contribution is -2.11. The number of thioether (sulfide) groups is 1. The lowest BCUT2D eigenvalue weighted by atomic mass is 11.1. The van der Waals surface area contributed by atoms with Crippen LogP contribution in [0, 0.1) is 0 Å². The third-order valence-electron chi connectivity index (χ3n) is 0.484. The fourth-order valence-corrected chi connectivity index (χ4v) is 0.706. The van der Waals surface area contributed by atoms with Gasteiger partial charge in [-0.1, -0.05) is 4.49 Å². The molecule has 0 fully saturated rings. The molecule has 1 rings (SSSR count). The fraction of sp³-hybridized carbons (Fsp3) is 0. The monoisotopic (exact) mass is 206 g/mol. The zero-order valence-electron chi connectivity index (χ0n) is 5.84. The Hall–Kier alpha value is -1.15. The molecule has 8 heteroatoms. The maximum absolute atomic E-state index is 9.69. The van der Waals surface area contributed by atoms with Crippen molar-refractivity contribution in [2.75, 3.05) is 0 Å². The standard InChI is InChI=1S/C2H4N2O2S.C2H2N2S/c3-1(5)7-2(4)6;1-2-5-4-3-1/h(H2,3,5)(H2,4,6);1-2H. The van der Waals surface area contributed by atoms with Crippen molar-refractivity contribution < 1.29 is 9.59 Å². The van der Waals surface area contributed by atoms with Gasteiger partial charge in [-0.05, 0) is 11.5 Å². The molecule has 0 aliphatic carbocycles.